The maximum atomic E-state index is 11.7. The molecule has 0 unspecified atom stereocenters. The van der Waals surface area contributed by atoms with E-state index in [1.165, 1.54) is 42.7 Å². The van der Waals surface area contributed by atoms with Gasteiger partial charge < -0.3 is 14.5 Å². The van der Waals surface area contributed by atoms with Crippen molar-refractivity contribution in [3.63, 3.8) is 0 Å². The molecule has 0 saturated heterocycles. The molecule has 1 saturated carbocycles. The van der Waals surface area contributed by atoms with E-state index >= 15 is 0 Å². The van der Waals surface area contributed by atoms with E-state index in [9.17, 15) is 9.90 Å². The Morgan fingerprint density at radius 1 is 0.933 bits per heavy atom. The minimum atomic E-state index is 0. The van der Waals surface area contributed by atoms with Crippen LogP contribution in [0.1, 0.15) is 96.1 Å². The molecule has 6 rings (SSSR count). The van der Waals surface area contributed by atoms with Crippen LogP contribution < -0.4 is 0 Å². The third-order valence-electron chi connectivity index (χ3n) is 9.59. The summed E-state index contributed by atoms with van der Waals surface area (Å²) in [6.07, 6.45) is 12.2. The van der Waals surface area contributed by atoms with Gasteiger partial charge in [0.1, 0.15) is 5.58 Å². The summed E-state index contributed by atoms with van der Waals surface area (Å²) in [5, 5.41) is 14.4. The number of furan rings is 1. The van der Waals surface area contributed by atoms with E-state index in [1.807, 2.05) is 40.0 Å². The first kappa shape index (κ1) is 34.6. The van der Waals surface area contributed by atoms with Crippen LogP contribution in [0.25, 0.3) is 44.0 Å². The average molecular weight is 781 g/mol. The van der Waals surface area contributed by atoms with Crippen molar-refractivity contribution in [3.8, 4) is 11.3 Å². The Morgan fingerprint density at radius 2 is 1.62 bits per heavy atom. The molecule has 5 heteroatoms. The standard InChI is InChI=1S/C27H22NO.C13H24O2.Ir/c1-17-6-4-9-22-23-10-5-11-24(27(23)29-26(17)22)25-21-13-12-19(18-7-2-3-8-18)16-20(21)14-15-28-25;1-5-10(6-2)12(14)9-13(15)11(7-3)8-4;/h4-6,9-10,12-16,18H,2-3,7-8H2,1H3;9-11,14H,5-8H2,1-4H3;/q-1;;/b;12-9-;. The van der Waals surface area contributed by atoms with Gasteiger partial charge in [-0.25, -0.2) is 0 Å². The van der Waals surface area contributed by atoms with E-state index in [4.69, 9.17) is 9.40 Å². The van der Waals surface area contributed by atoms with Crippen molar-refractivity contribution in [1.82, 2.24) is 4.98 Å². The average Bonchev–Trinajstić information content (AvgIpc) is 3.72. The molecular formula is C40H46IrNO3-. The fraction of sp³-hybridized carbons (Fsp3) is 0.400. The summed E-state index contributed by atoms with van der Waals surface area (Å²) in [5.74, 6) is 1.26. The number of fused-ring (bicyclic) bond motifs is 4. The number of ketones is 1. The number of pyridine rings is 1. The number of carbonyl (C=O) groups is 1. The fourth-order valence-corrected chi connectivity index (χ4v) is 6.77. The van der Waals surface area contributed by atoms with Gasteiger partial charge in [0.05, 0.1) is 11.3 Å². The number of nitrogens with zero attached hydrogens (tertiary/aromatic N) is 1. The Kier molecular flexibility index (Phi) is 12.2. The van der Waals surface area contributed by atoms with Crippen molar-refractivity contribution in [2.24, 2.45) is 11.8 Å². The number of aromatic nitrogens is 1. The van der Waals surface area contributed by atoms with Crippen LogP contribution in [-0.2, 0) is 24.9 Å². The molecule has 3 aromatic carbocycles. The number of para-hydroxylation sites is 1. The number of allylic oxidation sites excluding steroid dienone is 2. The topological polar surface area (TPSA) is 63.3 Å². The van der Waals surface area contributed by atoms with Crippen LogP contribution >= 0.6 is 0 Å². The van der Waals surface area contributed by atoms with Gasteiger partial charge in [0.2, 0.25) is 0 Å². The first-order valence-electron chi connectivity index (χ1n) is 16.6. The van der Waals surface area contributed by atoms with Crippen LogP contribution in [0, 0.1) is 24.8 Å². The fourth-order valence-electron chi connectivity index (χ4n) is 6.77. The van der Waals surface area contributed by atoms with Crippen LogP contribution in [0.15, 0.2) is 77.0 Å². The van der Waals surface area contributed by atoms with Crippen molar-refractivity contribution < 1.29 is 34.4 Å². The van der Waals surface area contributed by atoms with E-state index in [2.05, 4.69) is 61.5 Å². The molecule has 5 aromatic rings. The summed E-state index contributed by atoms with van der Waals surface area (Å²) in [7, 11) is 0. The maximum absolute atomic E-state index is 11.7. The molecule has 239 valence electrons. The molecule has 1 N–H and O–H groups in total. The second-order valence-electron chi connectivity index (χ2n) is 12.3. The first-order chi connectivity index (χ1) is 21.4. The van der Waals surface area contributed by atoms with Crippen LogP contribution in [0.4, 0.5) is 0 Å². The third-order valence-corrected chi connectivity index (χ3v) is 9.59. The number of aliphatic hydroxyl groups is 1. The smallest absolute Gasteiger partial charge is 0.162 e. The second kappa shape index (κ2) is 15.8. The molecule has 4 nitrogen and oxygen atoms in total. The van der Waals surface area contributed by atoms with E-state index < -0.39 is 0 Å². The van der Waals surface area contributed by atoms with Crippen molar-refractivity contribution in [2.75, 3.05) is 0 Å². The number of rotatable bonds is 9. The number of carbonyl (C=O) groups excluding carboxylic acids is 1. The van der Waals surface area contributed by atoms with Crippen LogP contribution in [-0.4, -0.2) is 15.9 Å². The predicted octanol–water partition coefficient (Wildman–Crippen LogP) is 11.4. The van der Waals surface area contributed by atoms with E-state index in [0.717, 1.165) is 69.8 Å². The number of benzene rings is 3. The Hall–Kier alpha value is -3.27. The minimum absolute atomic E-state index is 0. The number of aryl methyl sites for hydroxylation is 1. The van der Waals surface area contributed by atoms with E-state index in [-0.39, 0.29) is 43.5 Å². The molecule has 0 bridgehead atoms. The van der Waals surface area contributed by atoms with E-state index in [0.29, 0.717) is 5.92 Å². The number of hydrogen-bond acceptors (Lipinski definition) is 4. The summed E-state index contributed by atoms with van der Waals surface area (Å²) >= 11 is 0. The second-order valence-corrected chi connectivity index (χ2v) is 12.3. The molecule has 1 aliphatic carbocycles. The SMILES string of the molecule is CCC(CC)C(=O)/C=C(\O)C(CC)CC.Cc1cccc2c1oc1c(-c3nccc4cc(C5CCCC5)ccc34)[c-]ccc12.[Ir]. The zero-order valence-electron chi connectivity index (χ0n) is 27.3. The Morgan fingerprint density at radius 3 is 2.31 bits per heavy atom. The summed E-state index contributed by atoms with van der Waals surface area (Å²) in [5.41, 5.74) is 6.33. The van der Waals surface area contributed by atoms with Gasteiger partial charge in [0.25, 0.3) is 0 Å². The van der Waals surface area contributed by atoms with Crippen LogP contribution in [0.3, 0.4) is 0 Å². The van der Waals surface area contributed by atoms with Gasteiger partial charge in [-0.1, -0.05) is 87.9 Å². The quantitative estimate of drug-likeness (QED) is 0.0919. The van der Waals surface area contributed by atoms with Gasteiger partial charge in [0, 0.05) is 49.6 Å². The molecule has 1 aliphatic rings. The Balaban J connectivity index is 0.000000249. The molecule has 45 heavy (non-hydrogen) atoms. The van der Waals surface area contributed by atoms with Crippen molar-refractivity contribution >= 4 is 38.5 Å². The molecule has 1 radical (unpaired) electrons. The van der Waals surface area contributed by atoms with Crippen LogP contribution in [0.2, 0.25) is 0 Å². The summed E-state index contributed by atoms with van der Waals surface area (Å²) in [6, 6.07) is 22.8. The maximum Gasteiger partial charge on any atom is 0.162 e. The molecular weight excluding hydrogens is 735 g/mol. The molecule has 0 spiro atoms. The van der Waals surface area contributed by atoms with Gasteiger partial charge in [-0.3, -0.25) is 4.79 Å². The number of hydrogen-bond donors (Lipinski definition) is 1. The van der Waals surface area contributed by atoms with E-state index in [1.54, 1.807) is 0 Å². The van der Waals surface area contributed by atoms with Crippen molar-refractivity contribution in [3.05, 3.63) is 89.8 Å². The minimum Gasteiger partial charge on any atom is -0.512 e. The van der Waals surface area contributed by atoms with Crippen molar-refractivity contribution in [1.29, 1.82) is 0 Å². The Bertz CT molecular complexity index is 1770. The van der Waals surface area contributed by atoms with Gasteiger partial charge in [-0.05, 0) is 85.0 Å². The molecule has 0 amide bonds. The van der Waals surface area contributed by atoms with Gasteiger partial charge in [-0.2, -0.15) is 0 Å². The predicted molar refractivity (Wildman–Crippen MR) is 183 cm³/mol. The summed E-state index contributed by atoms with van der Waals surface area (Å²) < 4.78 is 6.35. The summed E-state index contributed by atoms with van der Waals surface area (Å²) in [4.78, 5) is 16.5. The number of aliphatic hydroxyl groups excluding tert-OH is 1. The van der Waals surface area contributed by atoms with Crippen molar-refractivity contribution in [2.45, 2.75) is 91.9 Å². The van der Waals surface area contributed by atoms with Gasteiger partial charge in [-0.15, -0.1) is 18.2 Å². The third kappa shape index (κ3) is 7.42. The zero-order valence-corrected chi connectivity index (χ0v) is 29.7. The molecule has 2 heterocycles. The molecule has 1 fully saturated rings. The summed E-state index contributed by atoms with van der Waals surface area (Å²) in [6.45, 7) is 10.2. The van der Waals surface area contributed by atoms with Gasteiger partial charge in [0.15, 0.2) is 5.78 Å². The monoisotopic (exact) mass is 781 g/mol. The normalized spacial score (nSPS) is 13.9. The largest absolute Gasteiger partial charge is 0.512 e. The molecule has 0 atom stereocenters. The molecule has 2 aromatic heterocycles. The first-order valence-corrected chi connectivity index (χ1v) is 16.6. The Labute approximate surface area is 281 Å². The zero-order chi connectivity index (χ0) is 31.2. The molecule has 0 aliphatic heterocycles. The van der Waals surface area contributed by atoms with Crippen LogP contribution in [0.5, 0.6) is 0 Å². The van der Waals surface area contributed by atoms with Gasteiger partial charge >= 0.3 is 0 Å².